The molecule has 0 aliphatic rings. The van der Waals surface area contributed by atoms with E-state index in [2.05, 4.69) is 20.9 Å². The van der Waals surface area contributed by atoms with Gasteiger partial charge in [0, 0.05) is 12.7 Å². The van der Waals surface area contributed by atoms with Gasteiger partial charge in [-0.2, -0.15) is 0 Å². The Bertz CT molecular complexity index is 736. The predicted molar refractivity (Wildman–Crippen MR) is 116 cm³/mol. The first-order chi connectivity index (χ1) is 12.6. The van der Waals surface area contributed by atoms with Crippen molar-refractivity contribution >= 4 is 41.5 Å². The van der Waals surface area contributed by atoms with Gasteiger partial charge in [0.2, 0.25) is 5.91 Å². The third kappa shape index (κ3) is 8.72. The van der Waals surface area contributed by atoms with E-state index in [0.29, 0.717) is 24.8 Å². The fraction of sp³-hybridized carbons (Fsp3) is 0.263. The zero-order valence-corrected chi connectivity index (χ0v) is 17.6. The number of rotatable bonds is 7. The molecular formula is C19H24FIN4O2. The largest absolute Gasteiger partial charge is 0.492 e. The molecule has 0 saturated carbocycles. The van der Waals surface area contributed by atoms with Gasteiger partial charge in [-0.05, 0) is 43.3 Å². The zero-order chi connectivity index (χ0) is 18.8. The lowest BCUT2D eigenvalue weighted by Gasteiger charge is -2.12. The molecule has 0 fully saturated rings. The summed E-state index contributed by atoms with van der Waals surface area (Å²) in [5, 5.41) is 8.63. The van der Waals surface area contributed by atoms with Gasteiger partial charge in [0.1, 0.15) is 18.2 Å². The van der Waals surface area contributed by atoms with Crippen molar-refractivity contribution < 1.29 is 13.9 Å². The lowest BCUT2D eigenvalue weighted by Crippen LogP contribution is -2.42. The molecule has 1 amide bonds. The van der Waals surface area contributed by atoms with E-state index in [9.17, 15) is 9.18 Å². The second-order valence-electron chi connectivity index (χ2n) is 5.57. The third-order valence-electron chi connectivity index (χ3n) is 3.45. The van der Waals surface area contributed by atoms with Gasteiger partial charge >= 0.3 is 0 Å². The number of aryl methyl sites for hydroxylation is 1. The van der Waals surface area contributed by atoms with Crippen LogP contribution in [0.15, 0.2) is 53.5 Å². The minimum absolute atomic E-state index is 0. The molecule has 8 heteroatoms. The summed E-state index contributed by atoms with van der Waals surface area (Å²) >= 11 is 0. The molecule has 6 nitrogen and oxygen atoms in total. The van der Waals surface area contributed by atoms with Crippen LogP contribution in [-0.2, 0) is 4.79 Å². The van der Waals surface area contributed by atoms with Crippen molar-refractivity contribution in [1.29, 1.82) is 0 Å². The Morgan fingerprint density at radius 1 is 1.07 bits per heavy atom. The van der Waals surface area contributed by atoms with Crippen LogP contribution in [0.5, 0.6) is 5.75 Å². The predicted octanol–water partition coefficient (Wildman–Crippen LogP) is 2.93. The third-order valence-corrected chi connectivity index (χ3v) is 3.45. The molecule has 27 heavy (non-hydrogen) atoms. The summed E-state index contributed by atoms with van der Waals surface area (Å²) in [6.45, 7) is 3.06. The van der Waals surface area contributed by atoms with Crippen LogP contribution in [0.4, 0.5) is 10.1 Å². The van der Waals surface area contributed by atoms with Crippen LogP contribution in [-0.4, -0.2) is 38.6 Å². The van der Waals surface area contributed by atoms with Gasteiger partial charge in [0.25, 0.3) is 0 Å². The number of aliphatic imine (C=N–C) groups is 1. The second-order valence-corrected chi connectivity index (χ2v) is 5.57. The van der Waals surface area contributed by atoms with Crippen LogP contribution < -0.4 is 20.7 Å². The monoisotopic (exact) mass is 486 g/mol. The number of anilines is 1. The minimum Gasteiger partial charge on any atom is -0.492 e. The molecule has 2 aromatic rings. The molecule has 0 heterocycles. The number of guanidine groups is 1. The van der Waals surface area contributed by atoms with Gasteiger partial charge in [0.15, 0.2) is 5.96 Å². The van der Waals surface area contributed by atoms with Crippen molar-refractivity contribution in [1.82, 2.24) is 10.6 Å². The molecule has 0 radical (unpaired) electrons. The van der Waals surface area contributed by atoms with Crippen LogP contribution in [0.3, 0.4) is 0 Å². The standard InChI is InChI=1S/C19H23FN4O2.HI/c1-14-3-9-17(10-4-14)26-12-11-22-19(21-2)23-13-18(25)24-16-7-5-15(20)6-8-16;/h3-10H,11-13H2,1-2H3,(H,24,25)(H2,21,22,23);1H. The fourth-order valence-corrected chi connectivity index (χ4v) is 2.10. The van der Waals surface area contributed by atoms with Gasteiger partial charge in [-0.15, -0.1) is 24.0 Å². The Labute approximate surface area is 175 Å². The summed E-state index contributed by atoms with van der Waals surface area (Å²) in [4.78, 5) is 15.9. The highest BCUT2D eigenvalue weighted by molar-refractivity contribution is 14.0. The fourth-order valence-electron chi connectivity index (χ4n) is 2.10. The summed E-state index contributed by atoms with van der Waals surface area (Å²) in [5.74, 6) is 0.694. The Morgan fingerprint density at radius 2 is 1.74 bits per heavy atom. The summed E-state index contributed by atoms with van der Waals surface area (Å²) < 4.78 is 18.5. The molecule has 0 unspecified atom stereocenters. The van der Waals surface area contributed by atoms with Crippen molar-refractivity contribution in [3.63, 3.8) is 0 Å². The Morgan fingerprint density at radius 3 is 2.37 bits per heavy atom. The highest BCUT2D eigenvalue weighted by Gasteiger charge is 2.04. The molecule has 146 valence electrons. The number of nitrogens with one attached hydrogen (secondary N) is 3. The molecule has 0 spiro atoms. The average molecular weight is 486 g/mol. The van der Waals surface area contributed by atoms with Gasteiger partial charge in [-0.25, -0.2) is 4.39 Å². The number of halogens is 2. The molecule has 0 aliphatic carbocycles. The first-order valence-electron chi connectivity index (χ1n) is 8.26. The highest BCUT2D eigenvalue weighted by Crippen LogP contribution is 2.10. The molecule has 2 aromatic carbocycles. The Balaban J connectivity index is 0.00000364. The van der Waals surface area contributed by atoms with E-state index < -0.39 is 0 Å². The summed E-state index contributed by atoms with van der Waals surface area (Å²) in [6.07, 6.45) is 0. The minimum atomic E-state index is -0.349. The molecule has 0 aromatic heterocycles. The summed E-state index contributed by atoms with van der Waals surface area (Å²) in [7, 11) is 1.62. The molecule has 2 rings (SSSR count). The quantitative estimate of drug-likeness (QED) is 0.244. The van der Waals surface area contributed by atoms with Crippen molar-refractivity contribution in [3.05, 3.63) is 59.9 Å². The van der Waals surface area contributed by atoms with Crippen LogP contribution >= 0.6 is 24.0 Å². The molecule has 0 atom stereocenters. The van der Waals surface area contributed by atoms with E-state index in [0.717, 1.165) is 5.75 Å². The number of amides is 1. The van der Waals surface area contributed by atoms with Crippen molar-refractivity contribution in [2.24, 2.45) is 4.99 Å². The van der Waals surface area contributed by atoms with Gasteiger partial charge in [-0.3, -0.25) is 9.79 Å². The first kappa shape index (κ1) is 22.7. The molecular weight excluding hydrogens is 462 g/mol. The SMILES string of the molecule is CN=C(NCCOc1ccc(C)cc1)NCC(=O)Nc1ccc(F)cc1.I. The van der Waals surface area contributed by atoms with E-state index in [1.165, 1.54) is 29.8 Å². The number of carbonyl (C=O) groups is 1. The summed E-state index contributed by atoms with van der Waals surface area (Å²) in [5.41, 5.74) is 1.71. The van der Waals surface area contributed by atoms with E-state index in [1.54, 1.807) is 7.05 Å². The number of carbonyl (C=O) groups excluding carboxylic acids is 1. The van der Waals surface area contributed by atoms with Crippen LogP contribution in [0.1, 0.15) is 5.56 Å². The molecule has 0 bridgehead atoms. The van der Waals surface area contributed by atoms with Crippen molar-refractivity contribution in [2.75, 3.05) is 32.1 Å². The van der Waals surface area contributed by atoms with Gasteiger partial charge in [0.05, 0.1) is 13.1 Å². The Kier molecular flexibility index (Phi) is 10.2. The van der Waals surface area contributed by atoms with Crippen molar-refractivity contribution in [2.45, 2.75) is 6.92 Å². The smallest absolute Gasteiger partial charge is 0.243 e. The molecule has 0 saturated heterocycles. The van der Waals surface area contributed by atoms with E-state index >= 15 is 0 Å². The maximum Gasteiger partial charge on any atom is 0.243 e. The van der Waals surface area contributed by atoms with Crippen LogP contribution in [0.25, 0.3) is 0 Å². The number of nitrogens with zero attached hydrogens (tertiary/aromatic N) is 1. The Hall–Kier alpha value is -2.36. The van der Waals surface area contributed by atoms with E-state index in [-0.39, 0.29) is 42.2 Å². The number of hydrogen-bond acceptors (Lipinski definition) is 3. The maximum absolute atomic E-state index is 12.8. The van der Waals surface area contributed by atoms with E-state index in [1.807, 2.05) is 31.2 Å². The number of hydrogen-bond donors (Lipinski definition) is 3. The second kappa shape index (κ2) is 12.1. The first-order valence-corrected chi connectivity index (χ1v) is 8.26. The zero-order valence-electron chi connectivity index (χ0n) is 15.3. The topological polar surface area (TPSA) is 74.8 Å². The lowest BCUT2D eigenvalue weighted by atomic mass is 10.2. The van der Waals surface area contributed by atoms with Crippen LogP contribution in [0, 0.1) is 12.7 Å². The van der Waals surface area contributed by atoms with Crippen LogP contribution in [0.2, 0.25) is 0 Å². The van der Waals surface area contributed by atoms with Gasteiger partial charge < -0.3 is 20.7 Å². The molecule has 0 aliphatic heterocycles. The number of ether oxygens (including phenoxy) is 1. The lowest BCUT2D eigenvalue weighted by molar-refractivity contribution is -0.115. The normalized spacial score (nSPS) is 10.6. The average Bonchev–Trinajstić information content (AvgIpc) is 2.64. The summed E-state index contributed by atoms with van der Waals surface area (Å²) in [6, 6.07) is 13.4. The van der Waals surface area contributed by atoms with Gasteiger partial charge in [-0.1, -0.05) is 17.7 Å². The highest BCUT2D eigenvalue weighted by atomic mass is 127. The maximum atomic E-state index is 12.8. The molecule has 3 N–H and O–H groups in total. The van der Waals surface area contributed by atoms with Crippen molar-refractivity contribution in [3.8, 4) is 5.75 Å². The van der Waals surface area contributed by atoms with E-state index in [4.69, 9.17) is 4.74 Å². The number of benzene rings is 2.